The first-order valence-electron chi connectivity index (χ1n) is 9.15. The molecule has 10 nitrogen and oxygen atoms in total. The highest BCUT2D eigenvalue weighted by molar-refractivity contribution is 5.90. The molecule has 0 bridgehead atoms. The molecule has 0 amide bonds. The molecule has 10 heteroatoms. The van der Waals surface area contributed by atoms with Crippen molar-refractivity contribution in [2.45, 2.75) is 19.6 Å². The van der Waals surface area contributed by atoms with E-state index in [2.05, 4.69) is 0 Å². The summed E-state index contributed by atoms with van der Waals surface area (Å²) in [6.07, 6.45) is -0.948. The molecule has 168 valence electrons. The van der Waals surface area contributed by atoms with E-state index in [0.29, 0.717) is 23.0 Å². The molecule has 2 aromatic carbocycles. The SMILES string of the molecule is CCC(OOC(=O)c1cc(OC)cc(OC)c1)OOC(=O)c1cc(OC)cc(OC)c1. The van der Waals surface area contributed by atoms with E-state index in [1.807, 2.05) is 0 Å². The Morgan fingerprint density at radius 2 is 0.968 bits per heavy atom. The van der Waals surface area contributed by atoms with Crippen molar-refractivity contribution < 1.29 is 48.1 Å². The van der Waals surface area contributed by atoms with Crippen LogP contribution in [0.15, 0.2) is 36.4 Å². The Labute approximate surface area is 179 Å². The largest absolute Gasteiger partial charge is 0.497 e. The Balaban J connectivity index is 1.95. The number of benzene rings is 2. The number of ether oxygens (including phenoxy) is 4. The van der Waals surface area contributed by atoms with Crippen LogP contribution in [-0.2, 0) is 19.6 Å². The molecular weight excluding hydrogens is 412 g/mol. The van der Waals surface area contributed by atoms with Crippen LogP contribution in [0.4, 0.5) is 0 Å². The lowest BCUT2D eigenvalue weighted by Gasteiger charge is -2.14. The molecular formula is C21H24O10. The van der Waals surface area contributed by atoms with Crippen LogP contribution < -0.4 is 18.9 Å². The van der Waals surface area contributed by atoms with E-state index in [9.17, 15) is 9.59 Å². The molecule has 0 saturated heterocycles. The molecule has 0 atom stereocenters. The van der Waals surface area contributed by atoms with Crippen LogP contribution in [-0.4, -0.2) is 46.7 Å². The van der Waals surface area contributed by atoms with Crippen molar-refractivity contribution in [2.24, 2.45) is 0 Å². The number of methoxy groups -OCH3 is 4. The Bertz CT molecular complexity index is 780. The fourth-order valence-electron chi connectivity index (χ4n) is 2.29. The average molecular weight is 436 g/mol. The summed E-state index contributed by atoms with van der Waals surface area (Å²) in [5, 5.41) is 0. The molecule has 0 spiro atoms. The molecule has 0 saturated carbocycles. The van der Waals surface area contributed by atoms with Gasteiger partial charge in [0.05, 0.1) is 39.6 Å². The van der Waals surface area contributed by atoms with Crippen molar-refractivity contribution in [3.05, 3.63) is 47.5 Å². The van der Waals surface area contributed by atoms with E-state index < -0.39 is 18.2 Å². The monoisotopic (exact) mass is 436 g/mol. The quantitative estimate of drug-likeness (QED) is 0.296. The lowest BCUT2D eigenvalue weighted by atomic mass is 10.2. The van der Waals surface area contributed by atoms with Gasteiger partial charge in [-0.3, -0.25) is 9.78 Å². The molecule has 0 radical (unpaired) electrons. The maximum Gasteiger partial charge on any atom is 0.373 e. The van der Waals surface area contributed by atoms with Gasteiger partial charge >= 0.3 is 11.9 Å². The summed E-state index contributed by atoms with van der Waals surface area (Å²) in [6, 6.07) is 9.00. The maximum absolute atomic E-state index is 12.3. The number of carbonyl (C=O) groups excluding carboxylic acids is 2. The highest BCUT2D eigenvalue weighted by Gasteiger charge is 2.20. The van der Waals surface area contributed by atoms with Gasteiger partial charge in [-0.2, -0.15) is 0 Å². The van der Waals surface area contributed by atoms with E-state index in [-0.39, 0.29) is 17.5 Å². The van der Waals surface area contributed by atoms with Crippen molar-refractivity contribution in [1.29, 1.82) is 0 Å². The summed E-state index contributed by atoms with van der Waals surface area (Å²) in [6.45, 7) is 1.68. The van der Waals surface area contributed by atoms with Crippen LogP contribution in [0, 0.1) is 0 Å². The number of hydrogen-bond acceptors (Lipinski definition) is 10. The van der Waals surface area contributed by atoms with Crippen LogP contribution in [0.1, 0.15) is 34.1 Å². The smallest absolute Gasteiger partial charge is 0.373 e. The highest BCUT2D eigenvalue weighted by atomic mass is 17.3. The second kappa shape index (κ2) is 11.6. The van der Waals surface area contributed by atoms with Gasteiger partial charge in [-0.15, -0.1) is 9.78 Å². The van der Waals surface area contributed by atoms with Crippen molar-refractivity contribution in [3.63, 3.8) is 0 Å². The summed E-state index contributed by atoms with van der Waals surface area (Å²) in [7, 11) is 5.81. The lowest BCUT2D eigenvalue weighted by Crippen LogP contribution is -2.21. The van der Waals surface area contributed by atoms with Crippen molar-refractivity contribution in [3.8, 4) is 23.0 Å². The predicted molar refractivity (Wildman–Crippen MR) is 106 cm³/mol. The first-order valence-corrected chi connectivity index (χ1v) is 9.15. The van der Waals surface area contributed by atoms with Crippen LogP contribution in [0.3, 0.4) is 0 Å². The Morgan fingerprint density at radius 1 is 0.645 bits per heavy atom. The molecule has 0 aliphatic heterocycles. The number of carbonyl (C=O) groups is 2. The summed E-state index contributed by atoms with van der Waals surface area (Å²) in [4.78, 5) is 44.0. The second-order valence-electron chi connectivity index (χ2n) is 5.97. The van der Waals surface area contributed by atoms with Crippen molar-refractivity contribution in [1.82, 2.24) is 0 Å². The van der Waals surface area contributed by atoms with E-state index in [0.717, 1.165) is 0 Å². The molecule has 31 heavy (non-hydrogen) atoms. The third-order valence-electron chi connectivity index (χ3n) is 3.97. The number of rotatable bonds is 11. The molecule has 2 rings (SSSR count). The zero-order valence-electron chi connectivity index (χ0n) is 17.8. The minimum atomic E-state index is -1.16. The third-order valence-corrected chi connectivity index (χ3v) is 3.97. The maximum atomic E-state index is 12.3. The Morgan fingerprint density at radius 3 is 1.23 bits per heavy atom. The Kier molecular flexibility index (Phi) is 8.92. The van der Waals surface area contributed by atoms with Gasteiger partial charge in [-0.25, -0.2) is 9.59 Å². The van der Waals surface area contributed by atoms with E-state index in [1.165, 1.54) is 52.7 Å². The average Bonchev–Trinajstić information content (AvgIpc) is 2.82. The van der Waals surface area contributed by atoms with Gasteiger partial charge < -0.3 is 18.9 Å². The molecule has 0 N–H and O–H groups in total. The summed E-state index contributed by atoms with van der Waals surface area (Å²) >= 11 is 0. The summed E-state index contributed by atoms with van der Waals surface area (Å²) in [5.74, 6) is -0.0322. The van der Waals surface area contributed by atoms with Crippen LogP contribution >= 0.6 is 0 Å². The molecule has 0 fully saturated rings. The van der Waals surface area contributed by atoms with Gasteiger partial charge in [-0.05, 0) is 24.3 Å². The first kappa shape index (κ1) is 23.8. The number of hydrogen-bond donors (Lipinski definition) is 0. The fraction of sp³-hybridized carbons (Fsp3) is 0.333. The molecule has 0 aliphatic carbocycles. The zero-order chi connectivity index (χ0) is 22.8. The standard InChI is InChI=1S/C21H24O10/c1-6-19(28-30-20(22)13-7-15(24-2)11-16(8-13)25-3)29-31-21(23)14-9-17(26-4)12-18(10-14)27-5/h7-12,19H,6H2,1-5H3. The van der Waals surface area contributed by atoms with Gasteiger partial charge in [0.2, 0.25) is 6.29 Å². The fourth-order valence-corrected chi connectivity index (χ4v) is 2.29. The molecule has 0 aromatic heterocycles. The molecule has 0 heterocycles. The van der Waals surface area contributed by atoms with Crippen molar-refractivity contribution in [2.75, 3.05) is 28.4 Å². The Hall–Kier alpha value is -3.50. The molecule has 2 aromatic rings. The van der Waals surface area contributed by atoms with Gasteiger partial charge in [0.15, 0.2) is 0 Å². The van der Waals surface area contributed by atoms with Crippen LogP contribution in [0.5, 0.6) is 23.0 Å². The first-order chi connectivity index (χ1) is 14.9. The van der Waals surface area contributed by atoms with Gasteiger partial charge in [0.1, 0.15) is 23.0 Å². The predicted octanol–water partition coefficient (Wildman–Crippen LogP) is 3.33. The van der Waals surface area contributed by atoms with Crippen LogP contribution in [0.25, 0.3) is 0 Å². The topological polar surface area (TPSA) is 108 Å². The summed E-state index contributed by atoms with van der Waals surface area (Å²) in [5.41, 5.74) is 0.262. The minimum Gasteiger partial charge on any atom is -0.497 e. The minimum absolute atomic E-state index is 0.131. The second-order valence-corrected chi connectivity index (χ2v) is 5.97. The molecule has 0 unspecified atom stereocenters. The summed E-state index contributed by atoms with van der Waals surface area (Å²) < 4.78 is 20.4. The zero-order valence-corrected chi connectivity index (χ0v) is 17.8. The third kappa shape index (κ3) is 6.76. The lowest BCUT2D eigenvalue weighted by molar-refractivity contribution is -0.420. The van der Waals surface area contributed by atoms with E-state index in [1.54, 1.807) is 19.1 Å². The normalized spacial score (nSPS) is 10.4. The van der Waals surface area contributed by atoms with Gasteiger partial charge in [0, 0.05) is 18.6 Å². The van der Waals surface area contributed by atoms with Crippen LogP contribution in [0.2, 0.25) is 0 Å². The van der Waals surface area contributed by atoms with E-state index >= 15 is 0 Å². The van der Waals surface area contributed by atoms with E-state index in [4.69, 9.17) is 38.5 Å². The van der Waals surface area contributed by atoms with Crippen molar-refractivity contribution >= 4 is 11.9 Å². The van der Waals surface area contributed by atoms with Gasteiger partial charge in [-0.1, -0.05) is 6.92 Å². The highest BCUT2D eigenvalue weighted by Crippen LogP contribution is 2.24. The van der Waals surface area contributed by atoms with Gasteiger partial charge in [0.25, 0.3) is 0 Å². The molecule has 0 aliphatic rings.